The molecule has 2 N–H and O–H groups in total. The van der Waals surface area contributed by atoms with Gasteiger partial charge >= 0.3 is 0 Å². The Hall–Kier alpha value is -1.92. The van der Waals surface area contributed by atoms with Crippen LogP contribution in [0.2, 0.25) is 0 Å². The van der Waals surface area contributed by atoms with Gasteiger partial charge in [0.1, 0.15) is 11.4 Å². The second-order valence-corrected chi connectivity index (χ2v) is 7.34. The highest BCUT2D eigenvalue weighted by Crippen LogP contribution is 2.32. The molecule has 1 saturated heterocycles. The molecule has 1 aromatic carbocycles. The van der Waals surface area contributed by atoms with Gasteiger partial charge in [0.2, 0.25) is 0 Å². The Morgan fingerprint density at radius 1 is 1.42 bits per heavy atom. The first-order valence-electron chi connectivity index (χ1n) is 8.02. The molecule has 0 aliphatic carbocycles. The van der Waals surface area contributed by atoms with E-state index >= 15 is 0 Å². The molecule has 0 spiro atoms. The van der Waals surface area contributed by atoms with Crippen molar-refractivity contribution in [3.8, 4) is 11.4 Å². The smallest absolute Gasteiger partial charge is 0.141 e. The summed E-state index contributed by atoms with van der Waals surface area (Å²) in [7, 11) is 0. The average Bonchev–Trinajstić information content (AvgIpc) is 3.09. The van der Waals surface area contributed by atoms with Crippen LogP contribution in [-0.2, 0) is 4.74 Å². The van der Waals surface area contributed by atoms with Crippen LogP contribution >= 0.6 is 11.8 Å². The first-order valence-corrected chi connectivity index (χ1v) is 8.83. The number of aromatic nitrogens is 2. The number of hydrogen-bond donors (Lipinski definition) is 2. The predicted octanol–water partition coefficient (Wildman–Crippen LogP) is 3.44. The number of hydrogen-bond acceptors (Lipinski definition) is 5. The molecule has 0 saturated carbocycles. The Balaban J connectivity index is 1.79. The molecule has 128 valence electrons. The lowest BCUT2D eigenvalue weighted by atomic mass is 10.1. The van der Waals surface area contributed by atoms with Gasteiger partial charge in [-0.3, -0.25) is 0 Å². The van der Waals surface area contributed by atoms with Crippen LogP contribution in [0.4, 0.5) is 0 Å². The zero-order valence-electron chi connectivity index (χ0n) is 14.3. The zero-order chi connectivity index (χ0) is 17.3. The van der Waals surface area contributed by atoms with E-state index < -0.39 is 0 Å². The monoisotopic (exact) mass is 345 g/mol. The topological polar surface area (TPSA) is 59.3 Å². The largest absolute Gasteiger partial charge is 0.506 e. The normalized spacial score (nSPS) is 17.2. The third kappa shape index (κ3) is 3.60. The first kappa shape index (κ1) is 16.9. The van der Waals surface area contributed by atoms with E-state index in [4.69, 9.17) is 4.74 Å². The van der Waals surface area contributed by atoms with Crippen LogP contribution in [0.1, 0.15) is 23.2 Å². The summed E-state index contributed by atoms with van der Waals surface area (Å²) in [5, 5.41) is 19.1. The summed E-state index contributed by atoms with van der Waals surface area (Å²) in [6.07, 6.45) is 2.95. The highest BCUT2D eigenvalue weighted by molar-refractivity contribution is 8.03. The molecule has 1 atom stereocenters. The molecule has 24 heavy (non-hydrogen) atoms. The number of nitrogens with zero attached hydrogens (tertiary/aromatic N) is 2. The van der Waals surface area contributed by atoms with Gasteiger partial charge in [0.15, 0.2) is 0 Å². The van der Waals surface area contributed by atoms with Crippen molar-refractivity contribution in [2.75, 3.05) is 13.2 Å². The van der Waals surface area contributed by atoms with Crippen molar-refractivity contribution in [3.63, 3.8) is 0 Å². The number of phenolic OH excluding ortho intramolecular Hbond substituents is 1. The maximum Gasteiger partial charge on any atom is 0.141 e. The molecule has 1 aliphatic heterocycles. The number of phenols is 1. The van der Waals surface area contributed by atoms with E-state index in [1.807, 2.05) is 33.0 Å². The minimum absolute atomic E-state index is 0.242. The van der Waals surface area contributed by atoms with Crippen molar-refractivity contribution in [1.82, 2.24) is 15.1 Å². The maximum atomic E-state index is 10.3. The fourth-order valence-electron chi connectivity index (χ4n) is 2.93. The van der Waals surface area contributed by atoms with Crippen molar-refractivity contribution < 1.29 is 9.84 Å². The summed E-state index contributed by atoms with van der Waals surface area (Å²) < 4.78 is 7.12. The number of aromatic hydroxyl groups is 1. The van der Waals surface area contributed by atoms with Gasteiger partial charge in [-0.15, -0.1) is 0 Å². The maximum absolute atomic E-state index is 10.3. The average molecular weight is 345 g/mol. The van der Waals surface area contributed by atoms with Gasteiger partial charge in [0.05, 0.1) is 28.3 Å². The van der Waals surface area contributed by atoms with Gasteiger partial charge in [0.25, 0.3) is 0 Å². The van der Waals surface area contributed by atoms with Gasteiger partial charge in [-0.1, -0.05) is 24.4 Å². The van der Waals surface area contributed by atoms with Crippen LogP contribution in [-0.4, -0.2) is 34.1 Å². The predicted molar refractivity (Wildman–Crippen MR) is 96.8 cm³/mol. The highest BCUT2D eigenvalue weighted by atomic mass is 32.2. The van der Waals surface area contributed by atoms with E-state index in [1.165, 1.54) is 0 Å². The van der Waals surface area contributed by atoms with Gasteiger partial charge in [-0.25, -0.2) is 4.68 Å². The van der Waals surface area contributed by atoms with Crippen molar-refractivity contribution in [3.05, 3.63) is 46.8 Å². The number of ether oxygens (including phenoxy) is 1. The van der Waals surface area contributed by atoms with Crippen LogP contribution in [0.15, 0.2) is 34.8 Å². The second kappa shape index (κ2) is 6.91. The van der Waals surface area contributed by atoms with Gasteiger partial charge < -0.3 is 15.2 Å². The minimum Gasteiger partial charge on any atom is -0.506 e. The zero-order valence-corrected chi connectivity index (χ0v) is 15.1. The molecular formula is C18H23N3O2S. The lowest BCUT2D eigenvalue weighted by molar-refractivity contribution is 0.191. The van der Waals surface area contributed by atoms with Crippen LogP contribution in [0, 0.1) is 20.8 Å². The molecule has 1 aliphatic rings. The lowest BCUT2D eigenvalue weighted by Gasteiger charge is -2.13. The Labute approximate surface area is 146 Å². The molecule has 3 rings (SSSR count). The van der Waals surface area contributed by atoms with Gasteiger partial charge in [-0.2, -0.15) is 5.10 Å². The van der Waals surface area contributed by atoms with Crippen molar-refractivity contribution in [1.29, 1.82) is 0 Å². The van der Waals surface area contributed by atoms with E-state index in [-0.39, 0.29) is 5.75 Å². The van der Waals surface area contributed by atoms with Gasteiger partial charge in [-0.05, 0) is 44.4 Å². The number of aryl methyl sites for hydroxylation is 3. The summed E-state index contributed by atoms with van der Waals surface area (Å²) >= 11 is 1.56. The fourth-order valence-corrected chi connectivity index (χ4v) is 3.76. The Morgan fingerprint density at radius 2 is 2.21 bits per heavy atom. The summed E-state index contributed by atoms with van der Waals surface area (Å²) in [6.45, 7) is 11.5. The number of nitrogens with one attached hydrogen (secondary N) is 1. The molecule has 1 aromatic heterocycles. The SMILES string of the molecule is C=C(N[C@H]1CCOC1)Sc1cn(-c2c(C)cc(C)cc2O)nc1C. The molecular weight excluding hydrogens is 322 g/mol. The molecule has 0 amide bonds. The number of thioether (sulfide) groups is 1. The van der Waals surface area contributed by atoms with Crippen LogP contribution < -0.4 is 5.32 Å². The molecule has 0 unspecified atom stereocenters. The summed E-state index contributed by atoms with van der Waals surface area (Å²) in [5.74, 6) is 0.242. The molecule has 1 fully saturated rings. The number of benzene rings is 1. The summed E-state index contributed by atoms with van der Waals surface area (Å²) in [4.78, 5) is 1.02. The van der Waals surface area contributed by atoms with Crippen molar-refractivity contribution in [2.24, 2.45) is 0 Å². The van der Waals surface area contributed by atoms with E-state index in [9.17, 15) is 5.11 Å². The molecule has 0 bridgehead atoms. The van der Waals surface area contributed by atoms with Gasteiger partial charge in [0, 0.05) is 12.8 Å². The molecule has 0 radical (unpaired) electrons. The van der Waals surface area contributed by atoms with Crippen molar-refractivity contribution >= 4 is 11.8 Å². The standard InChI is InChI=1S/C18H23N3O2S/c1-11-7-12(2)18(16(22)8-11)21-9-17(13(3)20-21)24-14(4)19-15-5-6-23-10-15/h7-9,15,19,22H,4-6,10H2,1-3H3/t15-/m0/s1. The highest BCUT2D eigenvalue weighted by Gasteiger charge is 2.18. The van der Waals surface area contributed by atoms with E-state index in [1.54, 1.807) is 22.5 Å². The third-order valence-electron chi connectivity index (χ3n) is 4.04. The molecule has 2 heterocycles. The number of rotatable bonds is 5. The lowest BCUT2D eigenvalue weighted by Crippen LogP contribution is -2.26. The quantitative estimate of drug-likeness (QED) is 0.813. The van der Waals surface area contributed by atoms with Crippen LogP contribution in [0.3, 0.4) is 0 Å². The third-order valence-corrected chi connectivity index (χ3v) is 5.02. The van der Waals surface area contributed by atoms with E-state index in [0.717, 1.165) is 52.1 Å². The first-order chi connectivity index (χ1) is 11.4. The molecule has 6 heteroatoms. The van der Waals surface area contributed by atoms with Crippen molar-refractivity contribution in [2.45, 2.75) is 38.1 Å². The Bertz CT molecular complexity index is 741. The summed E-state index contributed by atoms with van der Waals surface area (Å²) in [5.41, 5.74) is 3.65. The van der Waals surface area contributed by atoms with Crippen LogP contribution in [0.5, 0.6) is 5.75 Å². The fraction of sp³-hybridized carbons (Fsp3) is 0.389. The Morgan fingerprint density at radius 3 is 2.88 bits per heavy atom. The van der Waals surface area contributed by atoms with E-state index in [0.29, 0.717) is 6.04 Å². The molecule has 2 aromatic rings. The summed E-state index contributed by atoms with van der Waals surface area (Å²) in [6, 6.07) is 4.13. The van der Waals surface area contributed by atoms with E-state index in [2.05, 4.69) is 17.0 Å². The van der Waals surface area contributed by atoms with Crippen LogP contribution in [0.25, 0.3) is 5.69 Å². The second-order valence-electron chi connectivity index (χ2n) is 6.20. The minimum atomic E-state index is 0.242. The molecule has 5 nitrogen and oxygen atoms in total. The Kier molecular flexibility index (Phi) is 4.87.